The lowest BCUT2D eigenvalue weighted by Gasteiger charge is -2.28. The van der Waals surface area contributed by atoms with Crippen molar-refractivity contribution in [3.63, 3.8) is 0 Å². The molecule has 16 heavy (non-hydrogen) atoms. The fourth-order valence-corrected chi connectivity index (χ4v) is 2.47. The van der Waals surface area contributed by atoms with E-state index in [1.807, 2.05) is 13.0 Å². The van der Waals surface area contributed by atoms with Gasteiger partial charge in [0.2, 0.25) is 0 Å². The van der Waals surface area contributed by atoms with E-state index in [0.717, 1.165) is 24.9 Å². The number of rotatable bonds is 2. The Morgan fingerprint density at radius 1 is 1.50 bits per heavy atom. The lowest BCUT2D eigenvalue weighted by atomic mass is 10.0. The predicted molar refractivity (Wildman–Crippen MR) is 65.0 cm³/mol. The van der Waals surface area contributed by atoms with Gasteiger partial charge < -0.3 is 10.6 Å². The first-order chi connectivity index (χ1) is 7.61. The van der Waals surface area contributed by atoms with E-state index in [1.165, 1.54) is 6.07 Å². The van der Waals surface area contributed by atoms with Crippen molar-refractivity contribution < 1.29 is 4.39 Å². The molecule has 1 fully saturated rings. The Kier molecular flexibility index (Phi) is 3.15. The van der Waals surface area contributed by atoms with E-state index in [2.05, 4.69) is 11.8 Å². The topological polar surface area (TPSA) is 29.3 Å². The lowest BCUT2D eigenvalue weighted by Crippen LogP contribution is -2.29. The highest BCUT2D eigenvalue weighted by Gasteiger charge is 2.25. The molecule has 1 aromatic rings. The standard InChI is InChI=1S/C13H19FN2/c1-9-5-4-8-16(9)13-11(10(2)15)6-3-7-12(13)14/h3,6-7,9-10H,4-5,8,15H2,1-2H3/t9?,10-/m1/s1. The molecule has 0 saturated carbocycles. The largest absolute Gasteiger partial charge is 0.366 e. The second-order valence-corrected chi connectivity index (χ2v) is 4.65. The van der Waals surface area contributed by atoms with Gasteiger partial charge in [0.15, 0.2) is 0 Å². The zero-order chi connectivity index (χ0) is 11.7. The van der Waals surface area contributed by atoms with Crippen LogP contribution in [0, 0.1) is 5.82 Å². The van der Waals surface area contributed by atoms with E-state index in [0.29, 0.717) is 11.7 Å². The summed E-state index contributed by atoms with van der Waals surface area (Å²) in [6.45, 7) is 4.98. The van der Waals surface area contributed by atoms with Crippen molar-refractivity contribution in [1.82, 2.24) is 0 Å². The Morgan fingerprint density at radius 3 is 2.81 bits per heavy atom. The molecule has 0 radical (unpaired) electrons. The molecule has 0 aliphatic carbocycles. The summed E-state index contributed by atoms with van der Waals surface area (Å²) in [5.74, 6) is -0.149. The second-order valence-electron chi connectivity index (χ2n) is 4.65. The molecule has 2 rings (SSSR count). The van der Waals surface area contributed by atoms with Crippen molar-refractivity contribution >= 4 is 5.69 Å². The van der Waals surface area contributed by atoms with Gasteiger partial charge in [0.1, 0.15) is 5.82 Å². The fraction of sp³-hybridized carbons (Fsp3) is 0.538. The van der Waals surface area contributed by atoms with E-state index >= 15 is 0 Å². The van der Waals surface area contributed by atoms with Gasteiger partial charge >= 0.3 is 0 Å². The average molecular weight is 222 g/mol. The summed E-state index contributed by atoms with van der Waals surface area (Å²) >= 11 is 0. The highest BCUT2D eigenvalue weighted by Crippen LogP contribution is 2.33. The fourth-order valence-electron chi connectivity index (χ4n) is 2.47. The van der Waals surface area contributed by atoms with Gasteiger partial charge in [0, 0.05) is 18.6 Å². The molecule has 1 unspecified atom stereocenters. The van der Waals surface area contributed by atoms with Crippen molar-refractivity contribution in [2.75, 3.05) is 11.4 Å². The van der Waals surface area contributed by atoms with Crippen LogP contribution in [0.3, 0.4) is 0 Å². The Hall–Kier alpha value is -1.09. The van der Waals surface area contributed by atoms with Crippen molar-refractivity contribution in [1.29, 1.82) is 0 Å². The monoisotopic (exact) mass is 222 g/mol. The van der Waals surface area contributed by atoms with Gasteiger partial charge in [-0.3, -0.25) is 0 Å². The molecule has 1 aliphatic heterocycles. The molecular weight excluding hydrogens is 203 g/mol. The van der Waals surface area contributed by atoms with Gasteiger partial charge in [-0.15, -0.1) is 0 Å². The highest BCUT2D eigenvalue weighted by molar-refractivity contribution is 5.57. The van der Waals surface area contributed by atoms with Crippen LogP contribution in [-0.2, 0) is 0 Å². The number of halogens is 1. The number of hydrogen-bond donors (Lipinski definition) is 1. The molecule has 1 aromatic carbocycles. The minimum absolute atomic E-state index is 0.126. The summed E-state index contributed by atoms with van der Waals surface area (Å²) in [4.78, 5) is 2.15. The molecule has 0 spiro atoms. The summed E-state index contributed by atoms with van der Waals surface area (Å²) in [6, 6.07) is 5.46. The third kappa shape index (κ3) is 1.92. The summed E-state index contributed by atoms with van der Waals surface area (Å²) in [5, 5.41) is 0. The van der Waals surface area contributed by atoms with Crippen LogP contribution in [0.2, 0.25) is 0 Å². The first kappa shape index (κ1) is 11.4. The molecule has 0 aromatic heterocycles. The van der Waals surface area contributed by atoms with Crippen LogP contribution in [0.4, 0.5) is 10.1 Å². The number of nitrogens with zero attached hydrogens (tertiary/aromatic N) is 1. The molecule has 1 heterocycles. The van der Waals surface area contributed by atoms with E-state index in [4.69, 9.17) is 5.73 Å². The lowest BCUT2D eigenvalue weighted by molar-refractivity contribution is 0.606. The zero-order valence-corrected chi connectivity index (χ0v) is 9.91. The zero-order valence-electron chi connectivity index (χ0n) is 9.91. The number of para-hydroxylation sites is 1. The Balaban J connectivity index is 2.45. The number of benzene rings is 1. The first-order valence-corrected chi connectivity index (χ1v) is 5.92. The Bertz CT molecular complexity index is 376. The third-order valence-electron chi connectivity index (χ3n) is 3.35. The van der Waals surface area contributed by atoms with E-state index in [1.54, 1.807) is 6.07 Å². The van der Waals surface area contributed by atoms with Gasteiger partial charge in [0.25, 0.3) is 0 Å². The number of hydrogen-bond acceptors (Lipinski definition) is 2. The maximum Gasteiger partial charge on any atom is 0.146 e. The summed E-state index contributed by atoms with van der Waals surface area (Å²) in [5.41, 5.74) is 7.52. The minimum atomic E-state index is -0.149. The molecule has 88 valence electrons. The van der Waals surface area contributed by atoms with Crippen LogP contribution in [0.25, 0.3) is 0 Å². The molecule has 2 N–H and O–H groups in total. The molecule has 1 aliphatic rings. The molecule has 3 heteroatoms. The van der Waals surface area contributed by atoms with Crippen LogP contribution in [0.1, 0.15) is 38.3 Å². The maximum absolute atomic E-state index is 13.9. The van der Waals surface area contributed by atoms with Crippen LogP contribution in [-0.4, -0.2) is 12.6 Å². The van der Waals surface area contributed by atoms with Gasteiger partial charge in [-0.1, -0.05) is 12.1 Å². The Labute approximate surface area is 96.2 Å². The SMILES string of the molecule is CC1CCCN1c1c(F)cccc1[C@@H](C)N. The molecule has 2 nitrogen and oxygen atoms in total. The molecular formula is C13H19FN2. The van der Waals surface area contributed by atoms with Crippen LogP contribution in [0.5, 0.6) is 0 Å². The maximum atomic E-state index is 13.9. The van der Waals surface area contributed by atoms with Gasteiger partial charge in [-0.05, 0) is 38.3 Å². The smallest absolute Gasteiger partial charge is 0.146 e. The molecule has 0 bridgehead atoms. The summed E-state index contributed by atoms with van der Waals surface area (Å²) in [7, 11) is 0. The third-order valence-corrected chi connectivity index (χ3v) is 3.35. The molecule has 2 atom stereocenters. The minimum Gasteiger partial charge on any atom is -0.366 e. The van der Waals surface area contributed by atoms with Gasteiger partial charge in [-0.25, -0.2) is 4.39 Å². The van der Waals surface area contributed by atoms with Crippen LogP contribution < -0.4 is 10.6 Å². The van der Waals surface area contributed by atoms with Crippen molar-refractivity contribution in [2.24, 2.45) is 5.73 Å². The summed E-state index contributed by atoms with van der Waals surface area (Å²) in [6.07, 6.45) is 2.26. The van der Waals surface area contributed by atoms with Gasteiger partial charge in [-0.2, -0.15) is 0 Å². The van der Waals surface area contributed by atoms with Gasteiger partial charge in [0.05, 0.1) is 5.69 Å². The first-order valence-electron chi connectivity index (χ1n) is 5.92. The van der Waals surface area contributed by atoms with E-state index in [9.17, 15) is 4.39 Å². The number of anilines is 1. The summed E-state index contributed by atoms with van der Waals surface area (Å²) < 4.78 is 13.9. The Morgan fingerprint density at radius 2 is 2.25 bits per heavy atom. The van der Waals surface area contributed by atoms with E-state index < -0.39 is 0 Å². The highest BCUT2D eigenvalue weighted by atomic mass is 19.1. The van der Waals surface area contributed by atoms with Crippen LogP contribution >= 0.6 is 0 Å². The van der Waals surface area contributed by atoms with E-state index in [-0.39, 0.29) is 11.9 Å². The molecule has 0 amide bonds. The predicted octanol–water partition coefficient (Wildman–Crippen LogP) is 2.83. The molecule has 1 saturated heterocycles. The second kappa shape index (κ2) is 4.42. The number of nitrogens with two attached hydrogens (primary N) is 1. The average Bonchev–Trinajstić information content (AvgIpc) is 2.64. The van der Waals surface area contributed by atoms with Crippen LogP contribution in [0.15, 0.2) is 18.2 Å². The quantitative estimate of drug-likeness (QED) is 0.833. The normalized spacial score (nSPS) is 22.5. The van der Waals surface area contributed by atoms with Crippen molar-refractivity contribution in [2.45, 2.75) is 38.8 Å². The van der Waals surface area contributed by atoms with Crippen molar-refractivity contribution in [3.8, 4) is 0 Å². The van der Waals surface area contributed by atoms with Crippen molar-refractivity contribution in [3.05, 3.63) is 29.6 Å².